The molecule has 0 aromatic rings. The molecule has 6 nitrogen and oxygen atoms in total. The number of nitrogens with one attached hydrogen (secondary N) is 1. The van der Waals surface area contributed by atoms with Gasteiger partial charge in [-0.05, 0) is 13.8 Å². The summed E-state index contributed by atoms with van der Waals surface area (Å²) in [5.74, 6) is 4.96. The topological polar surface area (TPSA) is 78.7 Å². The molecular weight excluding hydrogens is 184 g/mol. The minimum Gasteiger partial charge on any atom is -0.342 e. The maximum Gasteiger partial charge on any atom is 0.332 e. The highest BCUT2D eigenvalue weighted by atomic mass is 16.2. The Hall–Kier alpha value is -1.30. The van der Waals surface area contributed by atoms with Gasteiger partial charge in [0.15, 0.2) is 0 Å². The monoisotopic (exact) mass is 200 g/mol. The van der Waals surface area contributed by atoms with E-state index in [2.05, 4.69) is 0 Å². The molecule has 0 aromatic heterocycles. The number of hydrazine groups is 1. The van der Waals surface area contributed by atoms with E-state index >= 15 is 0 Å². The second kappa shape index (κ2) is 3.45. The fraction of sp³-hybridized carbons (Fsp3) is 0.750. The van der Waals surface area contributed by atoms with Gasteiger partial charge in [-0.25, -0.2) is 10.6 Å². The molecule has 0 radical (unpaired) electrons. The number of nitrogens with zero attached hydrogens (tertiary/aromatic N) is 2. The van der Waals surface area contributed by atoms with Crippen LogP contribution in [0.2, 0.25) is 0 Å². The molecule has 1 fully saturated rings. The number of urea groups is 1. The van der Waals surface area contributed by atoms with Gasteiger partial charge in [-0.15, -0.1) is 0 Å². The van der Waals surface area contributed by atoms with Gasteiger partial charge in [0.05, 0.1) is 0 Å². The van der Waals surface area contributed by atoms with Crippen molar-refractivity contribution >= 4 is 11.9 Å². The van der Waals surface area contributed by atoms with Gasteiger partial charge >= 0.3 is 6.03 Å². The first-order chi connectivity index (χ1) is 6.41. The van der Waals surface area contributed by atoms with Crippen LogP contribution in [-0.2, 0) is 4.79 Å². The molecule has 6 heteroatoms. The maximum absolute atomic E-state index is 11.7. The third kappa shape index (κ3) is 1.52. The fourth-order valence-electron chi connectivity index (χ4n) is 1.65. The van der Waals surface area contributed by atoms with E-state index in [1.165, 1.54) is 4.90 Å². The first-order valence-corrected chi connectivity index (χ1v) is 4.45. The molecular formula is C8H16N4O2. The number of carbonyl (C=O) groups is 2. The largest absolute Gasteiger partial charge is 0.342 e. The normalized spacial score (nSPS) is 21.0. The summed E-state index contributed by atoms with van der Waals surface area (Å²) in [6, 6.07) is -0.420. The Kier molecular flexibility index (Phi) is 2.66. The molecule has 1 heterocycles. The molecule has 80 valence electrons. The lowest BCUT2D eigenvalue weighted by atomic mass is 9.98. The summed E-state index contributed by atoms with van der Waals surface area (Å²) in [6.45, 7) is 4.45. The smallest absolute Gasteiger partial charge is 0.332 e. The Morgan fingerprint density at radius 2 is 2.07 bits per heavy atom. The third-order valence-electron chi connectivity index (χ3n) is 2.57. The Labute approximate surface area is 83.0 Å². The number of hydrogen-bond acceptors (Lipinski definition) is 3. The molecule has 0 aliphatic carbocycles. The molecule has 0 bridgehead atoms. The lowest BCUT2D eigenvalue weighted by Gasteiger charge is -2.44. The predicted molar refractivity (Wildman–Crippen MR) is 51.1 cm³/mol. The lowest BCUT2D eigenvalue weighted by molar-refractivity contribution is -0.144. The zero-order valence-corrected chi connectivity index (χ0v) is 8.70. The second-order valence-electron chi connectivity index (χ2n) is 3.89. The van der Waals surface area contributed by atoms with E-state index in [4.69, 9.17) is 5.84 Å². The summed E-state index contributed by atoms with van der Waals surface area (Å²) >= 11 is 0. The van der Waals surface area contributed by atoms with Crippen molar-refractivity contribution in [1.29, 1.82) is 0 Å². The van der Waals surface area contributed by atoms with Gasteiger partial charge < -0.3 is 9.80 Å². The van der Waals surface area contributed by atoms with Crippen molar-refractivity contribution in [1.82, 2.24) is 15.2 Å². The molecule has 0 atom stereocenters. The second-order valence-corrected chi connectivity index (χ2v) is 3.89. The molecule has 0 unspecified atom stereocenters. The maximum atomic E-state index is 11.7. The van der Waals surface area contributed by atoms with Crippen molar-refractivity contribution in [2.45, 2.75) is 19.4 Å². The van der Waals surface area contributed by atoms with Crippen molar-refractivity contribution in [2.24, 2.45) is 5.84 Å². The average molecular weight is 200 g/mol. The van der Waals surface area contributed by atoms with Crippen LogP contribution in [0, 0.1) is 0 Å². The first-order valence-electron chi connectivity index (χ1n) is 4.45. The number of rotatable bonds is 0. The number of carbonyl (C=O) groups excluding carboxylic acids is 2. The van der Waals surface area contributed by atoms with Crippen LogP contribution in [0.4, 0.5) is 4.79 Å². The van der Waals surface area contributed by atoms with Gasteiger partial charge in [-0.1, -0.05) is 0 Å². The highest BCUT2D eigenvalue weighted by Crippen LogP contribution is 2.21. The molecule has 0 aromatic carbocycles. The summed E-state index contributed by atoms with van der Waals surface area (Å²) in [7, 11) is 1.72. The highest BCUT2D eigenvalue weighted by Gasteiger charge is 2.42. The number of piperazine rings is 1. The minimum absolute atomic E-state index is 0.0765. The molecule has 3 N–H and O–H groups in total. The van der Waals surface area contributed by atoms with E-state index in [1.54, 1.807) is 25.8 Å². The van der Waals surface area contributed by atoms with Gasteiger partial charge in [-0.2, -0.15) is 0 Å². The molecule has 0 saturated carbocycles. The van der Waals surface area contributed by atoms with E-state index in [9.17, 15) is 9.59 Å². The third-order valence-corrected chi connectivity index (χ3v) is 2.57. The van der Waals surface area contributed by atoms with Gasteiger partial charge in [0.2, 0.25) is 5.91 Å². The summed E-state index contributed by atoms with van der Waals surface area (Å²) in [6.07, 6.45) is 0. The Balaban J connectivity index is 2.89. The van der Waals surface area contributed by atoms with Crippen LogP contribution < -0.4 is 11.3 Å². The first kappa shape index (κ1) is 10.8. The molecule has 14 heavy (non-hydrogen) atoms. The Morgan fingerprint density at radius 1 is 1.50 bits per heavy atom. The van der Waals surface area contributed by atoms with Gasteiger partial charge in [-0.3, -0.25) is 10.2 Å². The van der Waals surface area contributed by atoms with Crippen LogP contribution in [0.3, 0.4) is 0 Å². The van der Waals surface area contributed by atoms with E-state index in [0.29, 0.717) is 13.1 Å². The highest BCUT2D eigenvalue weighted by molar-refractivity contribution is 5.91. The number of likely N-dealkylation sites (N-methyl/N-ethyl adjacent to an activating group) is 1. The van der Waals surface area contributed by atoms with Crippen LogP contribution in [-0.4, -0.2) is 47.4 Å². The molecule has 1 saturated heterocycles. The average Bonchev–Trinajstić information content (AvgIpc) is 2.13. The predicted octanol–water partition coefficient (Wildman–Crippen LogP) is -0.878. The van der Waals surface area contributed by atoms with Crippen molar-refractivity contribution in [3.05, 3.63) is 0 Å². The van der Waals surface area contributed by atoms with E-state index < -0.39 is 11.6 Å². The van der Waals surface area contributed by atoms with Gasteiger partial charge in [0, 0.05) is 20.1 Å². The zero-order chi connectivity index (χ0) is 10.9. The summed E-state index contributed by atoms with van der Waals surface area (Å²) in [5, 5.41) is 0. The number of hydrogen-bond donors (Lipinski definition) is 2. The fourth-order valence-corrected chi connectivity index (χ4v) is 1.65. The Morgan fingerprint density at radius 3 is 2.57 bits per heavy atom. The molecule has 3 amide bonds. The molecule has 1 aliphatic heterocycles. The van der Waals surface area contributed by atoms with E-state index in [0.717, 1.165) is 0 Å². The van der Waals surface area contributed by atoms with Crippen molar-refractivity contribution in [3.8, 4) is 0 Å². The summed E-state index contributed by atoms with van der Waals surface area (Å²) in [4.78, 5) is 26.1. The summed E-state index contributed by atoms with van der Waals surface area (Å²) < 4.78 is 0. The molecule has 1 aliphatic rings. The van der Waals surface area contributed by atoms with Crippen molar-refractivity contribution < 1.29 is 9.59 Å². The van der Waals surface area contributed by atoms with Crippen molar-refractivity contribution in [2.75, 3.05) is 20.1 Å². The van der Waals surface area contributed by atoms with Gasteiger partial charge in [0.1, 0.15) is 5.54 Å². The zero-order valence-electron chi connectivity index (χ0n) is 8.70. The van der Waals surface area contributed by atoms with E-state index in [-0.39, 0.29) is 5.91 Å². The van der Waals surface area contributed by atoms with Crippen LogP contribution in [0.15, 0.2) is 0 Å². The number of amides is 3. The minimum atomic E-state index is -0.823. The van der Waals surface area contributed by atoms with Crippen LogP contribution in [0.5, 0.6) is 0 Å². The van der Waals surface area contributed by atoms with Crippen LogP contribution >= 0.6 is 0 Å². The van der Waals surface area contributed by atoms with Crippen LogP contribution in [0.1, 0.15) is 13.8 Å². The lowest BCUT2D eigenvalue weighted by Crippen LogP contribution is -2.65. The standard InChI is InChI=1S/C8H16N4O2/c1-8(2)6(13)11(3)4-5-12(8)7(14)10-9/h4-5,9H2,1-3H3,(H,10,14). The number of nitrogens with two attached hydrogens (primary N) is 1. The molecule has 1 rings (SSSR count). The van der Waals surface area contributed by atoms with Crippen molar-refractivity contribution in [3.63, 3.8) is 0 Å². The van der Waals surface area contributed by atoms with Gasteiger partial charge in [0.25, 0.3) is 0 Å². The molecule has 0 spiro atoms. The van der Waals surface area contributed by atoms with E-state index in [1.807, 2.05) is 5.43 Å². The van der Waals surface area contributed by atoms with Crippen LogP contribution in [0.25, 0.3) is 0 Å². The quantitative estimate of drug-likeness (QED) is 0.303. The summed E-state index contributed by atoms with van der Waals surface area (Å²) in [5.41, 5.74) is 1.22. The SMILES string of the molecule is CN1CCN(C(=O)NN)C(C)(C)C1=O. The Bertz CT molecular complexity index is 264.